The molecule has 2 rings (SSSR count). The molecule has 0 heterocycles. The van der Waals surface area contributed by atoms with E-state index in [1.807, 2.05) is 7.05 Å². The average molecular weight is 224 g/mol. The van der Waals surface area contributed by atoms with E-state index in [4.69, 9.17) is 0 Å². The Kier molecular flexibility index (Phi) is 4.22. The van der Waals surface area contributed by atoms with Crippen molar-refractivity contribution in [2.45, 2.75) is 51.0 Å². The normalized spacial score (nSPS) is 33.4. The Morgan fingerprint density at radius 2 is 2.00 bits per heavy atom. The maximum Gasteiger partial charge on any atom is 0.221 e. The SMILES string of the molecule is CNCCC(=O)NC1CCC2CCCC2C1. The zero-order valence-corrected chi connectivity index (χ0v) is 10.3. The Balaban J connectivity index is 1.72. The number of hydrogen-bond acceptors (Lipinski definition) is 2. The Hall–Kier alpha value is -0.570. The standard InChI is InChI=1S/C13H24N2O/c1-14-8-7-13(16)15-12-6-5-10-3-2-4-11(10)9-12/h10-12,14H,2-9H2,1H3,(H,15,16). The first-order chi connectivity index (χ1) is 7.79. The molecule has 3 unspecified atom stereocenters. The Labute approximate surface area is 98.4 Å². The molecule has 2 aliphatic carbocycles. The van der Waals surface area contributed by atoms with Crippen molar-refractivity contribution in [1.82, 2.24) is 10.6 Å². The van der Waals surface area contributed by atoms with Gasteiger partial charge in [-0.25, -0.2) is 0 Å². The van der Waals surface area contributed by atoms with E-state index in [1.165, 1.54) is 38.5 Å². The highest BCUT2D eigenvalue weighted by atomic mass is 16.1. The first kappa shape index (κ1) is 11.9. The summed E-state index contributed by atoms with van der Waals surface area (Å²) in [5, 5.41) is 6.20. The van der Waals surface area contributed by atoms with Gasteiger partial charge >= 0.3 is 0 Å². The second-order valence-electron chi connectivity index (χ2n) is 5.38. The molecule has 3 heteroatoms. The van der Waals surface area contributed by atoms with E-state index in [0.717, 1.165) is 18.4 Å². The van der Waals surface area contributed by atoms with Gasteiger partial charge in [-0.15, -0.1) is 0 Å². The number of fused-ring (bicyclic) bond motifs is 1. The molecule has 0 aromatic heterocycles. The molecule has 0 aromatic carbocycles. The smallest absolute Gasteiger partial charge is 0.221 e. The minimum Gasteiger partial charge on any atom is -0.353 e. The molecule has 2 aliphatic rings. The van der Waals surface area contributed by atoms with Crippen LogP contribution in [0.4, 0.5) is 0 Å². The summed E-state index contributed by atoms with van der Waals surface area (Å²) in [5.41, 5.74) is 0. The van der Waals surface area contributed by atoms with Crippen molar-refractivity contribution >= 4 is 5.91 Å². The summed E-state index contributed by atoms with van der Waals surface area (Å²) < 4.78 is 0. The van der Waals surface area contributed by atoms with Gasteiger partial charge in [-0.2, -0.15) is 0 Å². The van der Waals surface area contributed by atoms with Gasteiger partial charge in [0, 0.05) is 19.0 Å². The maximum absolute atomic E-state index is 11.6. The van der Waals surface area contributed by atoms with E-state index in [9.17, 15) is 4.79 Å². The number of nitrogens with one attached hydrogen (secondary N) is 2. The summed E-state index contributed by atoms with van der Waals surface area (Å²) in [5.74, 6) is 2.10. The van der Waals surface area contributed by atoms with Gasteiger partial charge < -0.3 is 10.6 Å². The van der Waals surface area contributed by atoms with Crippen molar-refractivity contribution in [2.75, 3.05) is 13.6 Å². The van der Waals surface area contributed by atoms with E-state index >= 15 is 0 Å². The number of amides is 1. The first-order valence-electron chi connectivity index (χ1n) is 6.73. The second-order valence-corrected chi connectivity index (χ2v) is 5.38. The van der Waals surface area contributed by atoms with E-state index in [0.29, 0.717) is 12.5 Å². The lowest BCUT2D eigenvalue weighted by Gasteiger charge is -2.32. The van der Waals surface area contributed by atoms with Gasteiger partial charge in [-0.05, 0) is 38.1 Å². The summed E-state index contributed by atoms with van der Waals surface area (Å²) in [6.45, 7) is 0.782. The van der Waals surface area contributed by atoms with Crippen molar-refractivity contribution < 1.29 is 4.79 Å². The van der Waals surface area contributed by atoms with Crippen molar-refractivity contribution in [3.8, 4) is 0 Å². The molecule has 3 nitrogen and oxygen atoms in total. The molecular weight excluding hydrogens is 200 g/mol. The van der Waals surface area contributed by atoms with E-state index in [2.05, 4.69) is 10.6 Å². The van der Waals surface area contributed by atoms with Crippen LogP contribution in [-0.4, -0.2) is 25.5 Å². The van der Waals surface area contributed by atoms with Crippen LogP contribution >= 0.6 is 0 Å². The van der Waals surface area contributed by atoms with Crippen LogP contribution in [0, 0.1) is 11.8 Å². The fraction of sp³-hybridized carbons (Fsp3) is 0.923. The van der Waals surface area contributed by atoms with Crippen LogP contribution in [0.3, 0.4) is 0 Å². The fourth-order valence-electron chi connectivity index (χ4n) is 3.37. The third-order valence-corrected chi connectivity index (χ3v) is 4.26. The summed E-state index contributed by atoms with van der Waals surface area (Å²) in [6.07, 6.45) is 8.62. The first-order valence-corrected chi connectivity index (χ1v) is 6.73. The molecule has 2 N–H and O–H groups in total. The molecule has 92 valence electrons. The number of carbonyl (C=O) groups is 1. The van der Waals surface area contributed by atoms with Crippen LogP contribution in [0.1, 0.15) is 44.9 Å². The number of hydrogen-bond donors (Lipinski definition) is 2. The molecule has 0 spiro atoms. The molecule has 0 aliphatic heterocycles. The largest absolute Gasteiger partial charge is 0.353 e. The zero-order chi connectivity index (χ0) is 11.4. The molecule has 0 bridgehead atoms. The van der Waals surface area contributed by atoms with Crippen LogP contribution in [-0.2, 0) is 4.79 Å². The number of rotatable bonds is 4. The summed E-state index contributed by atoms with van der Waals surface area (Å²) in [7, 11) is 1.89. The zero-order valence-electron chi connectivity index (χ0n) is 10.3. The molecule has 0 aromatic rings. The predicted molar refractivity (Wildman–Crippen MR) is 65.2 cm³/mol. The molecule has 0 saturated heterocycles. The highest BCUT2D eigenvalue weighted by molar-refractivity contribution is 5.76. The highest BCUT2D eigenvalue weighted by Crippen LogP contribution is 2.41. The lowest BCUT2D eigenvalue weighted by atomic mass is 9.79. The van der Waals surface area contributed by atoms with E-state index in [1.54, 1.807) is 0 Å². The van der Waals surface area contributed by atoms with Gasteiger partial charge in [0.05, 0.1) is 0 Å². The van der Waals surface area contributed by atoms with Gasteiger partial charge in [0.15, 0.2) is 0 Å². The van der Waals surface area contributed by atoms with Gasteiger partial charge in [0.25, 0.3) is 0 Å². The summed E-state index contributed by atoms with van der Waals surface area (Å²) >= 11 is 0. The van der Waals surface area contributed by atoms with E-state index < -0.39 is 0 Å². The van der Waals surface area contributed by atoms with Crippen LogP contribution in [0.15, 0.2) is 0 Å². The van der Waals surface area contributed by atoms with Crippen molar-refractivity contribution in [3.05, 3.63) is 0 Å². The number of carbonyl (C=O) groups excluding carboxylic acids is 1. The van der Waals surface area contributed by atoms with Crippen LogP contribution < -0.4 is 10.6 Å². The molecule has 16 heavy (non-hydrogen) atoms. The van der Waals surface area contributed by atoms with E-state index in [-0.39, 0.29) is 5.91 Å². The maximum atomic E-state index is 11.6. The average Bonchev–Trinajstić information content (AvgIpc) is 2.73. The third kappa shape index (κ3) is 2.97. The quantitative estimate of drug-likeness (QED) is 0.763. The van der Waals surface area contributed by atoms with Gasteiger partial charge in [0.2, 0.25) is 5.91 Å². The molecule has 2 saturated carbocycles. The minimum absolute atomic E-state index is 0.218. The lowest BCUT2D eigenvalue weighted by molar-refractivity contribution is -0.122. The Bertz CT molecular complexity index is 242. The molecule has 2 fully saturated rings. The molecule has 3 atom stereocenters. The van der Waals surface area contributed by atoms with Crippen molar-refractivity contribution in [1.29, 1.82) is 0 Å². The summed E-state index contributed by atoms with van der Waals surface area (Å²) in [4.78, 5) is 11.6. The Morgan fingerprint density at radius 3 is 2.81 bits per heavy atom. The monoisotopic (exact) mass is 224 g/mol. The topological polar surface area (TPSA) is 41.1 Å². The highest BCUT2D eigenvalue weighted by Gasteiger charge is 2.33. The van der Waals surface area contributed by atoms with Crippen molar-refractivity contribution in [3.63, 3.8) is 0 Å². The predicted octanol–water partition coefficient (Wildman–Crippen LogP) is 1.68. The second kappa shape index (κ2) is 5.67. The van der Waals surface area contributed by atoms with Gasteiger partial charge in [-0.1, -0.05) is 19.3 Å². The molecular formula is C13H24N2O. The van der Waals surface area contributed by atoms with Crippen LogP contribution in [0.25, 0.3) is 0 Å². The van der Waals surface area contributed by atoms with Crippen LogP contribution in [0.5, 0.6) is 0 Å². The van der Waals surface area contributed by atoms with Crippen molar-refractivity contribution in [2.24, 2.45) is 11.8 Å². The van der Waals surface area contributed by atoms with Gasteiger partial charge in [0.1, 0.15) is 0 Å². The fourth-order valence-corrected chi connectivity index (χ4v) is 3.37. The minimum atomic E-state index is 0.218. The molecule has 0 radical (unpaired) electrons. The summed E-state index contributed by atoms with van der Waals surface area (Å²) in [6, 6.07) is 0.462. The lowest BCUT2D eigenvalue weighted by Crippen LogP contribution is -2.40. The van der Waals surface area contributed by atoms with Crippen LogP contribution in [0.2, 0.25) is 0 Å². The van der Waals surface area contributed by atoms with Gasteiger partial charge in [-0.3, -0.25) is 4.79 Å². The third-order valence-electron chi connectivity index (χ3n) is 4.26. The molecule has 1 amide bonds. The Morgan fingerprint density at radius 1 is 1.19 bits per heavy atom.